The number of guanidine groups is 1. The van der Waals surface area contributed by atoms with Crippen molar-refractivity contribution in [3.63, 3.8) is 0 Å². The molecule has 1 amide bonds. The fourth-order valence-electron chi connectivity index (χ4n) is 2.74. The Labute approximate surface area is 149 Å². The zero-order chi connectivity index (χ0) is 18.3. The van der Waals surface area contributed by atoms with E-state index < -0.39 is 5.41 Å². The van der Waals surface area contributed by atoms with Crippen LogP contribution < -0.4 is 16.0 Å². The quantitative estimate of drug-likeness (QED) is 0.409. The maximum atomic E-state index is 11.8. The number of nitrogens with one attached hydrogen (secondary N) is 3. The van der Waals surface area contributed by atoms with E-state index in [4.69, 9.17) is 0 Å². The highest BCUT2D eigenvalue weighted by Crippen LogP contribution is 2.15. The molecule has 0 saturated heterocycles. The van der Waals surface area contributed by atoms with E-state index in [9.17, 15) is 4.79 Å². The molecule has 1 heterocycles. The van der Waals surface area contributed by atoms with Gasteiger partial charge in [-0.1, -0.05) is 18.2 Å². The molecule has 0 spiro atoms. The van der Waals surface area contributed by atoms with Crippen LogP contribution in [0.4, 0.5) is 0 Å². The summed E-state index contributed by atoms with van der Waals surface area (Å²) in [5, 5.41) is 10.5. The number of amides is 1. The summed E-state index contributed by atoms with van der Waals surface area (Å²) in [6.45, 7) is 6.09. The van der Waals surface area contributed by atoms with Gasteiger partial charge in [0.1, 0.15) is 0 Å². The molecule has 6 nitrogen and oxygen atoms in total. The van der Waals surface area contributed by atoms with Crippen molar-refractivity contribution in [3.05, 3.63) is 36.5 Å². The fraction of sp³-hybridized carbons (Fsp3) is 0.474. The molecule has 0 atom stereocenters. The van der Waals surface area contributed by atoms with Gasteiger partial charge in [0.05, 0.1) is 5.41 Å². The Morgan fingerprint density at radius 2 is 1.96 bits per heavy atom. The minimum absolute atomic E-state index is 0.00920. The minimum atomic E-state index is -0.490. The SMILES string of the molecule is CN=C(NCCCn1ccc2ccccc21)NCC(C)(C)C(=O)NC. The van der Waals surface area contributed by atoms with E-state index in [0.717, 1.165) is 19.5 Å². The van der Waals surface area contributed by atoms with Crippen molar-refractivity contribution in [2.75, 3.05) is 27.2 Å². The number of nitrogens with zero attached hydrogens (tertiary/aromatic N) is 2. The average molecular weight is 343 g/mol. The van der Waals surface area contributed by atoms with Crippen molar-refractivity contribution in [3.8, 4) is 0 Å². The monoisotopic (exact) mass is 343 g/mol. The van der Waals surface area contributed by atoms with Gasteiger partial charge in [-0.25, -0.2) is 0 Å². The maximum absolute atomic E-state index is 11.8. The lowest BCUT2D eigenvalue weighted by Crippen LogP contribution is -2.47. The summed E-state index contributed by atoms with van der Waals surface area (Å²) in [7, 11) is 3.39. The van der Waals surface area contributed by atoms with E-state index in [-0.39, 0.29) is 5.91 Å². The molecule has 2 aromatic rings. The summed E-state index contributed by atoms with van der Waals surface area (Å²) >= 11 is 0. The minimum Gasteiger partial charge on any atom is -0.359 e. The van der Waals surface area contributed by atoms with Crippen LogP contribution in [0, 0.1) is 5.41 Å². The molecule has 6 heteroatoms. The first-order valence-corrected chi connectivity index (χ1v) is 8.68. The van der Waals surface area contributed by atoms with Gasteiger partial charge in [0, 0.05) is 45.4 Å². The maximum Gasteiger partial charge on any atom is 0.227 e. The van der Waals surface area contributed by atoms with E-state index in [1.165, 1.54) is 10.9 Å². The Morgan fingerprint density at radius 1 is 1.20 bits per heavy atom. The van der Waals surface area contributed by atoms with Crippen LogP contribution in [-0.4, -0.2) is 43.6 Å². The zero-order valence-corrected chi connectivity index (χ0v) is 15.6. The van der Waals surface area contributed by atoms with Gasteiger partial charge in [-0.05, 0) is 37.8 Å². The molecule has 3 N–H and O–H groups in total. The summed E-state index contributed by atoms with van der Waals surface area (Å²) in [5.41, 5.74) is 0.772. The number of carbonyl (C=O) groups excluding carboxylic acids is 1. The Balaban J connectivity index is 1.77. The second-order valence-corrected chi connectivity index (χ2v) is 6.74. The third-order valence-electron chi connectivity index (χ3n) is 4.31. The van der Waals surface area contributed by atoms with Gasteiger partial charge in [-0.3, -0.25) is 9.79 Å². The molecule has 0 bridgehead atoms. The lowest BCUT2D eigenvalue weighted by atomic mass is 9.92. The number of fused-ring (bicyclic) bond motifs is 1. The number of benzene rings is 1. The van der Waals surface area contributed by atoms with Crippen LogP contribution in [0.3, 0.4) is 0 Å². The Morgan fingerprint density at radius 3 is 2.68 bits per heavy atom. The molecule has 0 aliphatic rings. The topological polar surface area (TPSA) is 70.5 Å². The molecule has 25 heavy (non-hydrogen) atoms. The number of aliphatic imine (C=N–C) groups is 1. The smallest absolute Gasteiger partial charge is 0.227 e. The molecule has 0 aliphatic carbocycles. The first-order valence-electron chi connectivity index (χ1n) is 8.68. The van der Waals surface area contributed by atoms with Crippen molar-refractivity contribution in [1.29, 1.82) is 0 Å². The van der Waals surface area contributed by atoms with Crippen molar-refractivity contribution in [1.82, 2.24) is 20.5 Å². The van der Waals surface area contributed by atoms with E-state index in [1.807, 2.05) is 13.8 Å². The molecular weight excluding hydrogens is 314 g/mol. The summed E-state index contributed by atoms with van der Waals surface area (Å²) in [6.07, 6.45) is 3.11. The number of aryl methyl sites for hydroxylation is 1. The van der Waals surface area contributed by atoms with Crippen LogP contribution in [-0.2, 0) is 11.3 Å². The van der Waals surface area contributed by atoms with Gasteiger partial charge in [0.2, 0.25) is 5.91 Å². The Hall–Kier alpha value is -2.50. The third-order valence-corrected chi connectivity index (χ3v) is 4.31. The van der Waals surface area contributed by atoms with Gasteiger partial charge in [0.25, 0.3) is 0 Å². The molecule has 1 aromatic carbocycles. The van der Waals surface area contributed by atoms with Gasteiger partial charge < -0.3 is 20.5 Å². The molecule has 1 aromatic heterocycles. The van der Waals surface area contributed by atoms with Crippen molar-refractivity contribution >= 4 is 22.8 Å². The van der Waals surface area contributed by atoms with Crippen LogP contribution in [0.2, 0.25) is 0 Å². The molecule has 2 rings (SSSR count). The normalized spacial score (nSPS) is 12.2. The highest BCUT2D eigenvalue weighted by Gasteiger charge is 2.26. The number of aromatic nitrogens is 1. The number of carbonyl (C=O) groups is 1. The summed E-state index contributed by atoms with van der Waals surface area (Å²) < 4.78 is 2.27. The van der Waals surface area contributed by atoms with E-state index >= 15 is 0 Å². The van der Waals surface area contributed by atoms with Crippen LogP contribution in [0.5, 0.6) is 0 Å². The first-order chi connectivity index (χ1) is 12.0. The van der Waals surface area contributed by atoms with E-state index in [2.05, 4.69) is 62.0 Å². The highest BCUT2D eigenvalue weighted by molar-refractivity contribution is 5.84. The molecule has 0 aliphatic heterocycles. The lowest BCUT2D eigenvalue weighted by molar-refractivity contribution is -0.128. The average Bonchev–Trinajstić information content (AvgIpc) is 3.03. The van der Waals surface area contributed by atoms with Gasteiger partial charge in [-0.2, -0.15) is 0 Å². The number of rotatable bonds is 7. The Bertz CT molecular complexity index is 732. The molecular formula is C19H29N5O. The number of para-hydroxylation sites is 1. The predicted molar refractivity (Wildman–Crippen MR) is 104 cm³/mol. The third kappa shape index (κ3) is 4.98. The Kier molecular flexibility index (Phi) is 6.44. The first kappa shape index (κ1) is 18.8. The standard InChI is InChI=1S/C19H29N5O/c1-19(2,17(25)20-3)14-23-18(21-4)22-11-7-12-24-13-10-15-8-5-6-9-16(15)24/h5-6,8-10,13H,7,11-12,14H2,1-4H3,(H,20,25)(H2,21,22,23). The summed E-state index contributed by atoms with van der Waals surface area (Å²) in [4.78, 5) is 16.0. The molecule has 136 valence electrons. The predicted octanol–water partition coefficient (Wildman–Crippen LogP) is 1.97. The van der Waals surface area contributed by atoms with E-state index in [0.29, 0.717) is 12.5 Å². The van der Waals surface area contributed by atoms with Crippen LogP contribution in [0.25, 0.3) is 10.9 Å². The molecule has 0 fully saturated rings. The van der Waals surface area contributed by atoms with Crippen LogP contribution in [0.15, 0.2) is 41.5 Å². The van der Waals surface area contributed by atoms with Crippen molar-refractivity contribution < 1.29 is 4.79 Å². The van der Waals surface area contributed by atoms with Crippen LogP contribution in [0.1, 0.15) is 20.3 Å². The highest BCUT2D eigenvalue weighted by atomic mass is 16.2. The number of hydrogen-bond donors (Lipinski definition) is 3. The van der Waals surface area contributed by atoms with E-state index in [1.54, 1.807) is 14.1 Å². The van der Waals surface area contributed by atoms with Gasteiger partial charge in [-0.15, -0.1) is 0 Å². The zero-order valence-electron chi connectivity index (χ0n) is 15.6. The molecule has 0 unspecified atom stereocenters. The second-order valence-electron chi connectivity index (χ2n) is 6.74. The fourth-order valence-corrected chi connectivity index (χ4v) is 2.74. The van der Waals surface area contributed by atoms with Crippen molar-refractivity contribution in [2.24, 2.45) is 10.4 Å². The number of hydrogen-bond acceptors (Lipinski definition) is 2. The molecule has 0 saturated carbocycles. The largest absolute Gasteiger partial charge is 0.359 e. The van der Waals surface area contributed by atoms with Gasteiger partial charge in [0.15, 0.2) is 5.96 Å². The lowest BCUT2D eigenvalue weighted by Gasteiger charge is -2.24. The van der Waals surface area contributed by atoms with Gasteiger partial charge >= 0.3 is 0 Å². The van der Waals surface area contributed by atoms with Crippen LogP contribution >= 0.6 is 0 Å². The van der Waals surface area contributed by atoms with Crippen molar-refractivity contribution in [2.45, 2.75) is 26.8 Å². The second kappa shape index (κ2) is 8.55. The summed E-state index contributed by atoms with van der Waals surface area (Å²) in [5.74, 6) is 0.726. The molecule has 0 radical (unpaired) electrons. The summed E-state index contributed by atoms with van der Waals surface area (Å²) in [6, 6.07) is 10.5.